The van der Waals surface area contributed by atoms with Gasteiger partial charge in [0, 0.05) is 24.7 Å². The molecular formula is C25H35N3O7. The van der Waals surface area contributed by atoms with Crippen LogP contribution in [0.3, 0.4) is 0 Å². The van der Waals surface area contributed by atoms with E-state index in [1.807, 2.05) is 6.92 Å². The van der Waals surface area contributed by atoms with E-state index in [0.29, 0.717) is 13.2 Å². The molecule has 35 heavy (non-hydrogen) atoms. The van der Waals surface area contributed by atoms with Crippen molar-refractivity contribution in [2.24, 2.45) is 5.92 Å². The Kier molecular flexibility index (Phi) is 7.69. The smallest absolute Gasteiger partial charge is 0.411 e. The fourth-order valence-electron chi connectivity index (χ4n) is 5.44. The zero-order valence-electron chi connectivity index (χ0n) is 20.5. The molecule has 1 spiro atoms. The molecule has 1 aromatic heterocycles. The van der Waals surface area contributed by atoms with Gasteiger partial charge in [0.1, 0.15) is 12.8 Å². The van der Waals surface area contributed by atoms with Gasteiger partial charge < -0.3 is 24.4 Å². The van der Waals surface area contributed by atoms with Crippen molar-refractivity contribution in [3.05, 3.63) is 40.8 Å². The van der Waals surface area contributed by atoms with Gasteiger partial charge in [0.05, 0.1) is 24.9 Å². The van der Waals surface area contributed by atoms with Crippen LogP contribution in [0.25, 0.3) is 0 Å². The Balaban J connectivity index is 1.71. The Morgan fingerprint density at radius 3 is 2.86 bits per heavy atom. The van der Waals surface area contributed by atoms with Crippen LogP contribution in [0.2, 0.25) is 0 Å². The fraction of sp³-hybridized carbons (Fsp3) is 0.640. The number of amides is 1. The van der Waals surface area contributed by atoms with Crippen molar-refractivity contribution < 1.29 is 28.5 Å². The molecule has 10 nitrogen and oxygen atoms in total. The summed E-state index contributed by atoms with van der Waals surface area (Å²) in [5, 5.41) is 0. The van der Waals surface area contributed by atoms with E-state index in [2.05, 4.69) is 12.0 Å². The van der Waals surface area contributed by atoms with Crippen molar-refractivity contribution in [2.45, 2.75) is 70.2 Å². The lowest BCUT2D eigenvalue weighted by Crippen LogP contribution is -2.62. The molecule has 0 radical (unpaired) electrons. The number of esters is 1. The molecule has 3 aliphatic heterocycles. The second-order valence-corrected chi connectivity index (χ2v) is 9.22. The number of ether oxygens (including phenoxy) is 4. The van der Waals surface area contributed by atoms with E-state index in [1.54, 1.807) is 11.8 Å². The van der Waals surface area contributed by atoms with Crippen molar-refractivity contribution in [2.75, 3.05) is 31.8 Å². The summed E-state index contributed by atoms with van der Waals surface area (Å²) in [6.45, 7) is 8.29. The van der Waals surface area contributed by atoms with Gasteiger partial charge in [-0.1, -0.05) is 26.0 Å². The van der Waals surface area contributed by atoms with E-state index in [1.165, 1.54) is 23.0 Å². The van der Waals surface area contributed by atoms with Crippen molar-refractivity contribution in [1.82, 2.24) is 9.58 Å². The van der Waals surface area contributed by atoms with Gasteiger partial charge in [0.2, 0.25) is 5.43 Å². The molecule has 10 heteroatoms. The summed E-state index contributed by atoms with van der Waals surface area (Å²) in [6, 6.07) is 1.34. The zero-order valence-corrected chi connectivity index (χ0v) is 20.5. The van der Waals surface area contributed by atoms with Crippen molar-refractivity contribution in [3.8, 4) is 5.75 Å². The fourth-order valence-corrected chi connectivity index (χ4v) is 5.44. The summed E-state index contributed by atoms with van der Waals surface area (Å²) in [6.07, 6.45) is 7.21. The number of carbonyl (C=O) groups is 2. The third-order valence-electron chi connectivity index (χ3n) is 7.07. The summed E-state index contributed by atoms with van der Waals surface area (Å²) < 4.78 is 24.2. The van der Waals surface area contributed by atoms with E-state index in [0.717, 1.165) is 38.5 Å². The first-order chi connectivity index (χ1) is 16.9. The average molecular weight is 490 g/mol. The maximum Gasteiger partial charge on any atom is 0.411 e. The third-order valence-corrected chi connectivity index (χ3v) is 7.07. The number of unbranched alkanes of at least 4 members (excludes halogenated alkanes) is 1. The molecule has 0 aliphatic carbocycles. The van der Waals surface area contributed by atoms with Crippen LogP contribution in [0.1, 0.15) is 62.9 Å². The van der Waals surface area contributed by atoms with E-state index >= 15 is 0 Å². The van der Waals surface area contributed by atoms with E-state index < -0.39 is 23.7 Å². The lowest BCUT2D eigenvalue weighted by molar-refractivity contribution is -0.0665. The molecule has 4 heterocycles. The van der Waals surface area contributed by atoms with E-state index in [4.69, 9.17) is 18.9 Å². The van der Waals surface area contributed by atoms with Crippen LogP contribution in [0.15, 0.2) is 29.7 Å². The number of likely N-dealkylation sites (tertiary alicyclic amines) is 1. The number of fused-ring (bicyclic) bond motifs is 1. The predicted molar refractivity (Wildman–Crippen MR) is 128 cm³/mol. The number of carbonyl (C=O) groups excluding carboxylic acids is 2. The van der Waals surface area contributed by atoms with Gasteiger partial charge in [-0.2, -0.15) is 0 Å². The monoisotopic (exact) mass is 489 g/mol. The lowest BCUT2D eigenvalue weighted by atomic mass is 9.72. The zero-order chi connectivity index (χ0) is 25.0. The predicted octanol–water partition coefficient (Wildman–Crippen LogP) is 3.04. The first kappa shape index (κ1) is 25.1. The molecule has 1 N–H and O–H groups in total. The van der Waals surface area contributed by atoms with Crippen LogP contribution in [0.5, 0.6) is 5.75 Å². The SMILES string of the molecule is C=CCOC(=O)N1CC[C@@]23CC[C@@H](C[C@@H]2C1Nn1ccc(=O)c(OCCCC)c1C(=O)OCC)O3. The molecule has 2 bridgehead atoms. The van der Waals surface area contributed by atoms with Crippen LogP contribution < -0.4 is 15.6 Å². The number of hydrogen-bond acceptors (Lipinski definition) is 8. The summed E-state index contributed by atoms with van der Waals surface area (Å²) in [5.74, 6) is -0.757. The van der Waals surface area contributed by atoms with Gasteiger partial charge in [-0.15, -0.1) is 0 Å². The molecule has 1 unspecified atom stereocenters. The average Bonchev–Trinajstić information content (AvgIpc) is 3.43. The Labute approximate surface area is 205 Å². The van der Waals surface area contributed by atoms with Crippen molar-refractivity contribution in [3.63, 3.8) is 0 Å². The molecule has 1 aromatic rings. The summed E-state index contributed by atoms with van der Waals surface area (Å²) in [5.41, 5.74) is 2.56. The van der Waals surface area contributed by atoms with Gasteiger partial charge in [-0.05, 0) is 39.0 Å². The van der Waals surface area contributed by atoms with Crippen LogP contribution >= 0.6 is 0 Å². The quantitative estimate of drug-likeness (QED) is 0.304. The largest absolute Gasteiger partial charge is 0.487 e. The first-order valence-corrected chi connectivity index (χ1v) is 12.5. The Hall–Kier alpha value is -3.01. The molecule has 192 valence electrons. The van der Waals surface area contributed by atoms with Crippen LogP contribution in [0.4, 0.5) is 4.79 Å². The van der Waals surface area contributed by atoms with Gasteiger partial charge in [0.25, 0.3) is 0 Å². The van der Waals surface area contributed by atoms with Crippen molar-refractivity contribution in [1.29, 1.82) is 0 Å². The number of piperidine rings is 1. The molecule has 4 rings (SSSR count). The maximum atomic E-state index is 13.0. The van der Waals surface area contributed by atoms with E-state index in [-0.39, 0.29) is 42.3 Å². The Morgan fingerprint density at radius 1 is 1.31 bits per heavy atom. The topological polar surface area (TPSA) is 108 Å². The number of aromatic nitrogens is 1. The highest BCUT2D eigenvalue weighted by Gasteiger charge is 2.60. The van der Waals surface area contributed by atoms with Crippen molar-refractivity contribution >= 4 is 12.1 Å². The normalized spacial score (nSPS) is 26.7. The molecule has 3 saturated heterocycles. The minimum absolute atomic E-state index is 0.00906. The molecule has 0 saturated carbocycles. The number of hydrogen-bond donors (Lipinski definition) is 1. The van der Waals surface area contributed by atoms with Gasteiger partial charge in [0.15, 0.2) is 11.4 Å². The van der Waals surface area contributed by atoms with Gasteiger partial charge in [-0.3, -0.25) is 14.4 Å². The van der Waals surface area contributed by atoms with Crippen LogP contribution in [0, 0.1) is 5.92 Å². The second-order valence-electron chi connectivity index (χ2n) is 9.22. The summed E-state index contributed by atoms with van der Waals surface area (Å²) >= 11 is 0. The van der Waals surface area contributed by atoms with Gasteiger partial charge in [-0.25, -0.2) is 9.59 Å². The minimum Gasteiger partial charge on any atom is -0.487 e. The molecule has 0 aromatic carbocycles. The van der Waals surface area contributed by atoms with Crippen LogP contribution in [-0.4, -0.2) is 65.9 Å². The highest BCUT2D eigenvalue weighted by molar-refractivity contribution is 5.90. The third kappa shape index (κ3) is 4.89. The van der Waals surface area contributed by atoms with E-state index in [9.17, 15) is 14.4 Å². The number of nitrogens with one attached hydrogen (secondary N) is 1. The lowest BCUT2D eigenvalue weighted by Gasteiger charge is -2.48. The Morgan fingerprint density at radius 2 is 2.14 bits per heavy atom. The standard InChI is InChI=1S/C25H35N3O7/c1-4-7-15-33-21-19(29)9-12-28(20(21)23(30)32-6-3)26-22-18-16-17-8-10-25(18,35-17)11-13-27(22)24(31)34-14-5-2/h5,9,12,17-18,22,26H,2,4,6-8,10-11,13-16H2,1,3H3/t17-,18+,22?,25-/m0/s1. The second kappa shape index (κ2) is 10.7. The molecule has 3 fully saturated rings. The number of nitrogens with zero attached hydrogens (tertiary/aromatic N) is 2. The summed E-state index contributed by atoms with van der Waals surface area (Å²) in [7, 11) is 0. The van der Waals surface area contributed by atoms with Gasteiger partial charge >= 0.3 is 12.1 Å². The molecule has 4 atom stereocenters. The minimum atomic E-state index is -0.681. The van der Waals surface area contributed by atoms with Crippen LogP contribution in [-0.2, 0) is 14.2 Å². The number of pyridine rings is 1. The maximum absolute atomic E-state index is 13.0. The first-order valence-electron chi connectivity index (χ1n) is 12.5. The number of rotatable bonds is 10. The molecule has 1 amide bonds. The highest BCUT2D eigenvalue weighted by atomic mass is 16.6. The summed E-state index contributed by atoms with van der Waals surface area (Å²) in [4.78, 5) is 40.3. The Bertz CT molecular complexity index is 1010. The highest BCUT2D eigenvalue weighted by Crippen LogP contribution is 2.53. The molecule has 3 aliphatic rings. The molecular weight excluding hydrogens is 454 g/mol.